The molecule has 0 aliphatic carbocycles. The van der Waals surface area contributed by atoms with Crippen LogP contribution in [0.1, 0.15) is 34.5 Å². The number of carbonyl (C=O) groups is 1. The van der Waals surface area contributed by atoms with Crippen molar-refractivity contribution in [2.24, 2.45) is 7.05 Å². The van der Waals surface area contributed by atoms with Crippen LogP contribution in [0.5, 0.6) is 11.6 Å². The van der Waals surface area contributed by atoms with Crippen LogP contribution in [0.4, 0.5) is 11.5 Å². The Morgan fingerprint density at radius 3 is 2.65 bits per heavy atom. The number of fused-ring (bicyclic) bond motifs is 1. The number of ether oxygens (including phenoxy) is 2. The molecule has 4 aromatic heterocycles. The van der Waals surface area contributed by atoms with E-state index >= 15 is 0 Å². The number of carbonyl (C=O) groups excluding carboxylic acids is 1. The number of imidazole rings is 1. The molecule has 11 heteroatoms. The minimum absolute atomic E-state index is 0.0355. The van der Waals surface area contributed by atoms with E-state index in [2.05, 4.69) is 25.3 Å². The number of aryl methyl sites for hydroxylation is 2. The van der Waals surface area contributed by atoms with Crippen molar-refractivity contribution in [3.05, 3.63) is 59.8 Å². The van der Waals surface area contributed by atoms with E-state index in [1.807, 2.05) is 24.9 Å². The maximum absolute atomic E-state index is 12.9. The molecule has 0 bridgehead atoms. The van der Waals surface area contributed by atoms with Crippen molar-refractivity contribution >= 4 is 28.6 Å². The SMILES string of the molecule is COC1CCN(C(=O)c2ccc(Nc3cc(Oc4cnc(C#N)cc4C)nc4c3ncn4C)nc2)CC1. The molecular weight excluding hydrogens is 472 g/mol. The van der Waals surface area contributed by atoms with Crippen LogP contribution in [0.15, 0.2) is 43.0 Å². The van der Waals surface area contributed by atoms with Crippen LogP contribution in [0, 0.1) is 18.3 Å². The van der Waals surface area contributed by atoms with Gasteiger partial charge < -0.3 is 24.3 Å². The Hall–Kier alpha value is -4.56. The number of anilines is 2. The lowest BCUT2D eigenvalue weighted by Gasteiger charge is -2.31. The van der Waals surface area contributed by atoms with Crippen LogP contribution in [-0.4, -0.2) is 61.6 Å². The Kier molecular flexibility index (Phi) is 6.66. The molecule has 0 spiro atoms. The number of piperidine rings is 1. The summed E-state index contributed by atoms with van der Waals surface area (Å²) in [6.07, 6.45) is 6.63. The standard InChI is InChI=1S/C26H26N8O3/c1-16-10-18(12-27)28-14-21(16)37-23-11-20(24-25(32-23)33(2)15-30-24)31-22-5-4-17(13-29-22)26(35)34-8-6-19(36-3)7-9-34/h4-5,10-11,13-15,19H,6-9H2,1-3H3,(H,29,31,32). The van der Waals surface area contributed by atoms with E-state index in [9.17, 15) is 4.79 Å². The molecule has 4 aromatic rings. The van der Waals surface area contributed by atoms with Crippen molar-refractivity contribution in [2.45, 2.75) is 25.9 Å². The highest BCUT2D eigenvalue weighted by atomic mass is 16.5. The lowest BCUT2D eigenvalue weighted by Crippen LogP contribution is -2.40. The van der Waals surface area contributed by atoms with Gasteiger partial charge in [0.05, 0.1) is 29.9 Å². The first-order valence-corrected chi connectivity index (χ1v) is 11.9. The van der Waals surface area contributed by atoms with Gasteiger partial charge in [0.25, 0.3) is 5.91 Å². The van der Waals surface area contributed by atoms with Crippen molar-refractivity contribution < 1.29 is 14.3 Å². The van der Waals surface area contributed by atoms with Gasteiger partial charge in [-0.3, -0.25) is 4.79 Å². The minimum atomic E-state index is -0.0355. The molecule has 37 heavy (non-hydrogen) atoms. The first kappa shape index (κ1) is 24.1. The third-order valence-corrected chi connectivity index (χ3v) is 6.37. The van der Waals surface area contributed by atoms with Gasteiger partial charge in [0.1, 0.15) is 23.1 Å². The summed E-state index contributed by atoms with van der Waals surface area (Å²) in [5.74, 6) is 1.34. The number of hydrogen-bond acceptors (Lipinski definition) is 9. The summed E-state index contributed by atoms with van der Waals surface area (Å²) in [4.78, 5) is 32.3. The van der Waals surface area contributed by atoms with Crippen LogP contribution < -0.4 is 10.1 Å². The Morgan fingerprint density at radius 1 is 1.16 bits per heavy atom. The second kappa shape index (κ2) is 10.2. The zero-order chi connectivity index (χ0) is 25.9. The number of pyridine rings is 3. The second-order valence-corrected chi connectivity index (χ2v) is 8.87. The highest BCUT2D eigenvalue weighted by Gasteiger charge is 2.23. The summed E-state index contributed by atoms with van der Waals surface area (Å²) < 4.78 is 13.2. The monoisotopic (exact) mass is 498 g/mol. The van der Waals surface area contributed by atoms with Crippen LogP contribution in [0.2, 0.25) is 0 Å². The highest BCUT2D eigenvalue weighted by Crippen LogP contribution is 2.31. The van der Waals surface area contributed by atoms with Gasteiger partial charge in [-0.15, -0.1) is 0 Å². The van der Waals surface area contributed by atoms with Gasteiger partial charge >= 0.3 is 0 Å². The summed E-state index contributed by atoms with van der Waals surface area (Å²) in [6, 6.07) is 8.93. The smallest absolute Gasteiger partial charge is 0.255 e. The molecule has 1 saturated heterocycles. The fraction of sp³-hybridized carbons (Fsp3) is 0.308. The molecule has 5 rings (SSSR count). The number of aromatic nitrogens is 5. The van der Waals surface area contributed by atoms with E-state index in [4.69, 9.17) is 14.7 Å². The second-order valence-electron chi connectivity index (χ2n) is 8.87. The average Bonchev–Trinajstić information content (AvgIpc) is 3.30. The highest BCUT2D eigenvalue weighted by molar-refractivity contribution is 5.94. The van der Waals surface area contributed by atoms with E-state index < -0.39 is 0 Å². The van der Waals surface area contributed by atoms with E-state index in [1.54, 1.807) is 48.5 Å². The molecule has 5 heterocycles. The number of nitriles is 1. The number of nitrogens with zero attached hydrogens (tertiary/aromatic N) is 7. The van der Waals surface area contributed by atoms with Crippen molar-refractivity contribution in [1.82, 2.24) is 29.4 Å². The number of likely N-dealkylation sites (tertiary alicyclic amines) is 1. The number of nitrogens with one attached hydrogen (secondary N) is 1. The molecule has 11 nitrogen and oxygen atoms in total. The predicted molar refractivity (Wildman–Crippen MR) is 136 cm³/mol. The summed E-state index contributed by atoms with van der Waals surface area (Å²) in [5.41, 5.74) is 3.52. The van der Waals surface area contributed by atoms with Crippen molar-refractivity contribution in [3.63, 3.8) is 0 Å². The molecule has 1 aliphatic heterocycles. The molecule has 188 valence electrons. The first-order valence-electron chi connectivity index (χ1n) is 11.9. The molecule has 1 aliphatic rings. The quantitative estimate of drug-likeness (QED) is 0.422. The van der Waals surface area contributed by atoms with Crippen LogP contribution in [0.25, 0.3) is 11.2 Å². The van der Waals surface area contributed by atoms with Gasteiger partial charge in [0.2, 0.25) is 5.88 Å². The zero-order valence-corrected chi connectivity index (χ0v) is 20.8. The summed E-state index contributed by atoms with van der Waals surface area (Å²) in [6.45, 7) is 3.18. The predicted octanol–water partition coefficient (Wildman–Crippen LogP) is 3.73. The van der Waals surface area contributed by atoms with Gasteiger partial charge in [0.15, 0.2) is 11.4 Å². The van der Waals surface area contributed by atoms with E-state index in [0.717, 1.165) is 18.4 Å². The topological polar surface area (TPSA) is 131 Å². The largest absolute Gasteiger partial charge is 0.437 e. The number of amides is 1. The van der Waals surface area contributed by atoms with Crippen LogP contribution in [-0.2, 0) is 11.8 Å². The van der Waals surface area contributed by atoms with Gasteiger partial charge in [-0.25, -0.2) is 15.0 Å². The van der Waals surface area contributed by atoms with E-state index in [-0.39, 0.29) is 12.0 Å². The fourth-order valence-corrected chi connectivity index (χ4v) is 4.26. The van der Waals surface area contributed by atoms with Gasteiger partial charge in [0, 0.05) is 39.5 Å². The number of rotatable bonds is 6. The van der Waals surface area contributed by atoms with E-state index in [0.29, 0.717) is 58.6 Å². The molecule has 1 fully saturated rings. The molecule has 1 N–H and O–H groups in total. The number of methoxy groups -OCH3 is 1. The van der Waals surface area contributed by atoms with Gasteiger partial charge in [-0.05, 0) is 43.5 Å². The molecule has 0 unspecified atom stereocenters. The van der Waals surface area contributed by atoms with Gasteiger partial charge in [-0.2, -0.15) is 10.2 Å². The molecular formula is C26H26N8O3. The van der Waals surface area contributed by atoms with Crippen LogP contribution >= 0.6 is 0 Å². The fourth-order valence-electron chi connectivity index (χ4n) is 4.26. The molecule has 0 atom stereocenters. The van der Waals surface area contributed by atoms with Crippen molar-refractivity contribution in [3.8, 4) is 17.7 Å². The van der Waals surface area contributed by atoms with Crippen molar-refractivity contribution in [2.75, 3.05) is 25.5 Å². The number of hydrogen-bond donors (Lipinski definition) is 1. The molecule has 1 amide bonds. The molecule has 0 aromatic carbocycles. The third-order valence-electron chi connectivity index (χ3n) is 6.37. The normalized spacial score (nSPS) is 13.9. The summed E-state index contributed by atoms with van der Waals surface area (Å²) >= 11 is 0. The zero-order valence-electron chi connectivity index (χ0n) is 20.8. The Labute approximate surface area is 213 Å². The lowest BCUT2D eigenvalue weighted by atomic mass is 10.1. The molecule has 0 radical (unpaired) electrons. The summed E-state index contributed by atoms with van der Waals surface area (Å²) in [7, 11) is 3.55. The van der Waals surface area contributed by atoms with Crippen molar-refractivity contribution in [1.29, 1.82) is 5.26 Å². The van der Waals surface area contributed by atoms with Gasteiger partial charge in [-0.1, -0.05) is 0 Å². The summed E-state index contributed by atoms with van der Waals surface area (Å²) in [5, 5.41) is 12.3. The lowest BCUT2D eigenvalue weighted by molar-refractivity contribution is 0.0350. The third kappa shape index (κ3) is 5.05. The first-order chi connectivity index (χ1) is 17.9. The van der Waals surface area contributed by atoms with E-state index in [1.165, 1.54) is 6.20 Å². The Bertz CT molecular complexity index is 1480. The minimum Gasteiger partial charge on any atom is -0.437 e. The Balaban J connectivity index is 1.36. The Morgan fingerprint density at radius 2 is 1.97 bits per heavy atom. The average molecular weight is 499 g/mol. The molecule has 0 saturated carbocycles. The van der Waals surface area contributed by atoms with Crippen LogP contribution in [0.3, 0.4) is 0 Å². The maximum Gasteiger partial charge on any atom is 0.255 e. The maximum atomic E-state index is 12.9.